The molecule has 0 bridgehead atoms. The van der Waals surface area contributed by atoms with E-state index in [4.69, 9.17) is 4.42 Å². The second-order valence-corrected chi connectivity index (χ2v) is 9.44. The molecule has 7 nitrogen and oxygen atoms in total. The summed E-state index contributed by atoms with van der Waals surface area (Å²) >= 11 is 0. The van der Waals surface area contributed by atoms with Crippen molar-refractivity contribution in [2.45, 2.75) is 24.8 Å². The fourth-order valence-electron chi connectivity index (χ4n) is 3.86. The van der Waals surface area contributed by atoms with E-state index in [9.17, 15) is 13.2 Å². The maximum atomic E-state index is 13.3. The van der Waals surface area contributed by atoms with E-state index < -0.39 is 15.8 Å². The zero-order valence-electron chi connectivity index (χ0n) is 16.7. The zero-order valence-corrected chi connectivity index (χ0v) is 17.5. The quantitative estimate of drug-likeness (QED) is 0.654. The van der Waals surface area contributed by atoms with Gasteiger partial charge in [-0.25, -0.2) is 13.2 Å². The van der Waals surface area contributed by atoms with Crippen LogP contribution in [0.15, 0.2) is 56.6 Å². The van der Waals surface area contributed by atoms with Gasteiger partial charge in [-0.15, -0.1) is 0 Å². The first-order valence-electron chi connectivity index (χ1n) is 9.73. The van der Waals surface area contributed by atoms with E-state index in [1.165, 1.54) is 16.2 Å². The molecule has 0 atom stereocenters. The SMILES string of the molecule is Cc1cc2c(cc1S(=O)(=O)N1CCCN(Cc3ccccc3)CC1)oc(=O)n2C. The van der Waals surface area contributed by atoms with Gasteiger partial charge in [0.2, 0.25) is 10.0 Å². The molecule has 1 saturated heterocycles. The molecule has 0 radical (unpaired) electrons. The monoisotopic (exact) mass is 415 g/mol. The molecule has 1 aliphatic rings. The van der Waals surface area contributed by atoms with E-state index in [-0.39, 0.29) is 4.90 Å². The number of sulfonamides is 1. The Morgan fingerprint density at radius 1 is 1.03 bits per heavy atom. The molecule has 8 heteroatoms. The van der Waals surface area contributed by atoms with Crippen molar-refractivity contribution in [3.63, 3.8) is 0 Å². The van der Waals surface area contributed by atoms with Gasteiger partial charge in [-0.3, -0.25) is 9.47 Å². The fraction of sp³-hybridized carbons (Fsp3) is 0.381. The number of aromatic nitrogens is 1. The summed E-state index contributed by atoms with van der Waals surface area (Å²) in [5.74, 6) is -0.500. The van der Waals surface area contributed by atoms with Gasteiger partial charge in [0.05, 0.1) is 10.4 Å². The lowest BCUT2D eigenvalue weighted by molar-refractivity contribution is 0.278. The minimum Gasteiger partial charge on any atom is -0.408 e. The summed E-state index contributed by atoms with van der Waals surface area (Å²) < 4.78 is 34.8. The Morgan fingerprint density at radius 3 is 2.55 bits per heavy atom. The Morgan fingerprint density at radius 2 is 1.79 bits per heavy atom. The summed E-state index contributed by atoms with van der Waals surface area (Å²) in [6, 6.07) is 13.4. The minimum atomic E-state index is -3.67. The van der Waals surface area contributed by atoms with Crippen LogP contribution < -0.4 is 5.76 Å². The molecule has 0 spiro atoms. The smallest absolute Gasteiger partial charge is 0.408 e. The molecule has 0 aliphatic carbocycles. The van der Waals surface area contributed by atoms with Crippen molar-refractivity contribution >= 4 is 21.1 Å². The predicted molar refractivity (Wildman–Crippen MR) is 111 cm³/mol. The molecule has 1 aliphatic heterocycles. The van der Waals surface area contributed by atoms with Crippen LogP contribution in [0.25, 0.3) is 11.1 Å². The van der Waals surface area contributed by atoms with E-state index in [1.807, 2.05) is 18.2 Å². The summed E-state index contributed by atoms with van der Waals surface area (Å²) in [5, 5.41) is 0. The lowest BCUT2D eigenvalue weighted by Gasteiger charge is -2.22. The molecule has 0 unspecified atom stereocenters. The van der Waals surface area contributed by atoms with Gasteiger partial charge in [-0.1, -0.05) is 30.3 Å². The molecule has 4 rings (SSSR count). The minimum absolute atomic E-state index is 0.204. The second kappa shape index (κ2) is 7.78. The summed E-state index contributed by atoms with van der Waals surface area (Å²) in [7, 11) is -2.06. The lowest BCUT2D eigenvalue weighted by Crippen LogP contribution is -2.35. The van der Waals surface area contributed by atoms with Gasteiger partial charge in [0.25, 0.3) is 0 Å². The predicted octanol–water partition coefficient (Wildman–Crippen LogP) is 2.34. The number of hydrogen-bond donors (Lipinski definition) is 0. The first-order chi connectivity index (χ1) is 13.9. The molecule has 1 fully saturated rings. The van der Waals surface area contributed by atoms with Gasteiger partial charge in [-0.05, 0) is 37.1 Å². The van der Waals surface area contributed by atoms with E-state index in [0.717, 1.165) is 19.5 Å². The Labute approximate surface area is 170 Å². The van der Waals surface area contributed by atoms with E-state index in [0.29, 0.717) is 36.3 Å². The highest BCUT2D eigenvalue weighted by Gasteiger charge is 2.29. The van der Waals surface area contributed by atoms with Crippen LogP contribution in [0.4, 0.5) is 0 Å². The molecule has 2 heterocycles. The molecule has 0 N–H and O–H groups in total. The van der Waals surface area contributed by atoms with Gasteiger partial charge >= 0.3 is 5.76 Å². The molecule has 1 aromatic heterocycles. The summed E-state index contributed by atoms with van der Waals surface area (Å²) in [5.41, 5.74) is 2.72. The van der Waals surface area contributed by atoms with Crippen LogP contribution in [0.2, 0.25) is 0 Å². The first kappa shape index (κ1) is 19.9. The highest BCUT2D eigenvalue weighted by Crippen LogP contribution is 2.26. The molecular formula is C21H25N3O4S. The van der Waals surface area contributed by atoms with E-state index in [2.05, 4.69) is 17.0 Å². The van der Waals surface area contributed by atoms with Crippen molar-refractivity contribution in [3.05, 3.63) is 64.1 Å². The zero-order chi connectivity index (χ0) is 20.6. The number of rotatable bonds is 4. The molecular weight excluding hydrogens is 390 g/mol. The Bertz CT molecular complexity index is 1180. The first-order valence-corrected chi connectivity index (χ1v) is 11.2. The largest absolute Gasteiger partial charge is 0.419 e. The van der Waals surface area contributed by atoms with Crippen LogP contribution in [0.3, 0.4) is 0 Å². The van der Waals surface area contributed by atoms with Gasteiger partial charge in [0, 0.05) is 39.3 Å². The fourth-order valence-corrected chi connectivity index (χ4v) is 5.55. The number of oxazole rings is 1. The van der Waals surface area contributed by atoms with Gasteiger partial charge in [0.1, 0.15) is 0 Å². The average molecular weight is 416 g/mol. The molecule has 29 heavy (non-hydrogen) atoms. The molecule has 2 aromatic carbocycles. The summed E-state index contributed by atoms with van der Waals surface area (Å²) in [6.07, 6.45) is 0.772. The summed E-state index contributed by atoms with van der Waals surface area (Å²) in [6.45, 7) is 5.01. The average Bonchev–Trinajstić information content (AvgIpc) is 2.87. The van der Waals surface area contributed by atoms with E-state index in [1.54, 1.807) is 24.3 Å². The normalized spacial score (nSPS) is 16.9. The maximum absolute atomic E-state index is 13.3. The van der Waals surface area contributed by atoms with Crippen molar-refractivity contribution in [1.29, 1.82) is 0 Å². The topological polar surface area (TPSA) is 75.8 Å². The van der Waals surface area contributed by atoms with Crippen LogP contribution in [0.5, 0.6) is 0 Å². The third-order valence-corrected chi connectivity index (χ3v) is 7.54. The number of hydrogen-bond acceptors (Lipinski definition) is 5. The Hall–Kier alpha value is -2.42. The third kappa shape index (κ3) is 3.88. The highest BCUT2D eigenvalue weighted by atomic mass is 32.2. The standard InChI is InChI=1S/C21H25N3O4S/c1-16-13-18-19(28-21(25)22(18)2)14-20(16)29(26,27)24-10-6-9-23(11-12-24)15-17-7-4-3-5-8-17/h3-5,7-8,13-14H,6,9-12,15H2,1-2H3. The van der Waals surface area contributed by atoms with Crippen molar-refractivity contribution in [3.8, 4) is 0 Å². The number of nitrogens with zero attached hydrogens (tertiary/aromatic N) is 3. The molecule has 0 saturated carbocycles. The Kier molecular flexibility index (Phi) is 5.33. The summed E-state index contributed by atoms with van der Waals surface area (Å²) in [4.78, 5) is 14.3. The van der Waals surface area contributed by atoms with Crippen molar-refractivity contribution in [1.82, 2.24) is 13.8 Å². The third-order valence-electron chi connectivity index (χ3n) is 5.50. The number of fused-ring (bicyclic) bond motifs is 1. The van der Waals surface area contributed by atoms with Crippen LogP contribution in [0, 0.1) is 6.92 Å². The molecule has 0 amide bonds. The van der Waals surface area contributed by atoms with Gasteiger partial charge in [0.15, 0.2) is 5.58 Å². The van der Waals surface area contributed by atoms with Crippen LogP contribution in [0.1, 0.15) is 17.5 Å². The van der Waals surface area contributed by atoms with Crippen LogP contribution in [-0.4, -0.2) is 48.4 Å². The van der Waals surface area contributed by atoms with Crippen LogP contribution >= 0.6 is 0 Å². The Balaban J connectivity index is 1.57. The van der Waals surface area contributed by atoms with Crippen molar-refractivity contribution in [2.75, 3.05) is 26.2 Å². The molecule has 3 aromatic rings. The van der Waals surface area contributed by atoms with Crippen LogP contribution in [-0.2, 0) is 23.6 Å². The molecule has 154 valence electrons. The van der Waals surface area contributed by atoms with E-state index >= 15 is 0 Å². The lowest BCUT2D eigenvalue weighted by atomic mass is 10.2. The second-order valence-electron chi connectivity index (χ2n) is 7.53. The number of aryl methyl sites for hydroxylation is 2. The van der Waals surface area contributed by atoms with Gasteiger partial charge in [-0.2, -0.15) is 4.31 Å². The number of benzene rings is 2. The maximum Gasteiger partial charge on any atom is 0.419 e. The van der Waals surface area contributed by atoms with Gasteiger partial charge < -0.3 is 4.42 Å². The van der Waals surface area contributed by atoms with Crippen molar-refractivity contribution in [2.24, 2.45) is 7.05 Å². The van der Waals surface area contributed by atoms with Crippen molar-refractivity contribution < 1.29 is 12.8 Å². The highest BCUT2D eigenvalue weighted by molar-refractivity contribution is 7.89.